The molecular weight excluding hydrogens is 260 g/mol. The van der Waals surface area contributed by atoms with Gasteiger partial charge in [-0.25, -0.2) is 9.25 Å². The van der Waals surface area contributed by atoms with Crippen molar-refractivity contribution in [3.8, 4) is 0 Å². The maximum atomic E-state index is 4.64. The number of nitrogens with one attached hydrogen (secondary N) is 2. The molecule has 0 aliphatic rings. The van der Waals surface area contributed by atoms with Crippen LogP contribution in [0, 0.1) is 4.77 Å². The molecule has 2 N–H and O–H groups in total. The molecular formula is C12H23N6S+. The summed E-state index contributed by atoms with van der Waals surface area (Å²) in [6, 6.07) is 0.700. The zero-order valence-corrected chi connectivity index (χ0v) is 12.7. The fourth-order valence-corrected chi connectivity index (χ4v) is 1.96. The molecule has 19 heavy (non-hydrogen) atoms. The van der Waals surface area contributed by atoms with Gasteiger partial charge >= 0.3 is 0 Å². The maximum absolute atomic E-state index is 4.64. The summed E-state index contributed by atoms with van der Waals surface area (Å²) in [5.74, 6) is 0. The molecule has 0 aliphatic heterocycles. The van der Waals surface area contributed by atoms with Gasteiger partial charge in [0.2, 0.25) is 11.1 Å². The van der Waals surface area contributed by atoms with Crippen LogP contribution < -0.4 is 4.57 Å². The number of tetrazole rings is 1. The van der Waals surface area contributed by atoms with E-state index in [1.165, 1.54) is 25.7 Å². The van der Waals surface area contributed by atoms with Gasteiger partial charge in [-0.3, -0.25) is 4.98 Å². The Kier molecular flexibility index (Phi) is 7.02. The first-order valence-electron chi connectivity index (χ1n) is 6.66. The molecule has 2 aromatic rings. The van der Waals surface area contributed by atoms with E-state index < -0.39 is 0 Å². The molecule has 0 radical (unpaired) electrons. The summed E-state index contributed by atoms with van der Waals surface area (Å²) in [5.41, 5.74) is 0. The molecule has 2 rings (SSSR count). The monoisotopic (exact) mass is 283 g/mol. The van der Waals surface area contributed by atoms with Crippen LogP contribution in [0.25, 0.3) is 0 Å². The first-order chi connectivity index (χ1) is 9.19. The van der Waals surface area contributed by atoms with Crippen molar-refractivity contribution in [3.05, 3.63) is 23.5 Å². The Morgan fingerprint density at radius 3 is 2.37 bits per heavy atom. The van der Waals surface area contributed by atoms with Gasteiger partial charge < -0.3 is 0 Å². The molecule has 2 aromatic heterocycles. The number of nitrogens with zero attached hydrogens (tertiary/aromatic N) is 4. The van der Waals surface area contributed by atoms with Crippen LogP contribution in [0.4, 0.5) is 0 Å². The average molecular weight is 283 g/mol. The van der Waals surface area contributed by atoms with Crippen LogP contribution in [0.15, 0.2) is 18.7 Å². The number of H-pyrrole nitrogens is 2. The van der Waals surface area contributed by atoms with Crippen molar-refractivity contribution in [3.63, 3.8) is 0 Å². The first kappa shape index (κ1) is 15.6. The lowest BCUT2D eigenvalue weighted by atomic mass is 10.1. The van der Waals surface area contributed by atoms with Crippen LogP contribution in [-0.2, 0) is 7.05 Å². The molecule has 0 fully saturated rings. The fraction of sp³-hybridized carbons (Fsp3) is 0.667. The Balaban J connectivity index is 0.000000218. The quantitative estimate of drug-likeness (QED) is 0.653. The van der Waals surface area contributed by atoms with E-state index in [4.69, 9.17) is 0 Å². The Hall–Kier alpha value is -1.50. The number of hydrogen-bond donors (Lipinski definition) is 2. The standard InChI is InChI=1S/C10H18N2.C2H4N4S/c1-3-5-10(6-4-2)12-8-7-11-9-12;1-6-2(7)3-4-5-6/h7-10H,3-6H2,1-2H3;1H3,(H,3,5,7)/p+1. The highest BCUT2D eigenvalue weighted by molar-refractivity contribution is 7.71. The Morgan fingerprint density at radius 1 is 1.37 bits per heavy atom. The van der Waals surface area contributed by atoms with Gasteiger partial charge in [0.1, 0.15) is 18.4 Å². The van der Waals surface area contributed by atoms with Crippen molar-refractivity contribution in [2.45, 2.75) is 45.6 Å². The summed E-state index contributed by atoms with van der Waals surface area (Å²) >= 11 is 4.64. The van der Waals surface area contributed by atoms with Crippen LogP contribution in [0.5, 0.6) is 0 Å². The van der Waals surface area contributed by atoms with E-state index in [2.05, 4.69) is 63.7 Å². The summed E-state index contributed by atoms with van der Waals surface area (Å²) in [4.78, 5) is 3.09. The van der Waals surface area contributed by atoms with Crippen molar-refractivity contribution >= 4 is 12.2 Å². The van der Waals surface area contributed by atoms with Gasteiger partial charge in [-0.1, -0.05) is 37.0 Å². The fourth-order valence-electron chi connectivity index (χ4n) is 1.88. The lowest BCUT2D eigenvalue weighted by Crippen LogP contribution is -2.36. The third-order valence-electron chi connectivity index (χ3n) is 2.85. The second-order valence-electron chi connectivity index (χ2n) is 4.43. The van der Waals surface area contributed by atoms with E-state index in [-0.39, 0.29) is 0 Å². The minimum Gasteiger partial charge on any atom is -0.250 e. The number of hydrogen-bond acceptors (Lipinski definition) is 3. The molecule has 0 aliphatic carbocycles. The van der Waals surface area contributed by atoms with Gasteiger partial charge in [0, 0.05) is 7.05 Å². The van der Waals surface area contributed by atoms with Crippen LogP contribution >= 0.6 is 12.2 Å². The predicted octanol–water partition coefficient (Wildman–Crippen LogP) is 2.32. The second kappa shape index (κ2) is 8.58. The lowest BCUT2D eigenvalue weighted by Gasteiger charge is -2.10. The molecule has 0 atom stereocenters. The molecule has 106 valence electrons. The zero-order valence-electron chi connectivity index (χ0n) is 11.8. The van der Waals surface area contributed by atoms with Crippen molar-refractivity contribution in [1.29, 1.82) is 0 Å². The summed E-state index contributed by atoms with van der Waals surface area (Å²) in [6.45, 7) is 4.49. The molecule has 0 bridgehead atoms. The number of imidazole rings is 1. The van der Waals surface area contributed by atoms with Crippen LogP contribution in [-0.4, -0.2) is 25.2 Å². The molecule has 0 saturated heterocycles. The van der Waals surface area contributed by atoms with E-state index in [1.807, 2.05) is 6.20 Å². The predicted molar refractivity (Wildman–Crippen MR) is 76.0 cm³/mol. The maximum Gasteiger partial charge on any atom is 0.241 e. The largest absolute Gasteiger partial charge is 0.250 e. The van der Waals surface area contributed by atoms with Gasteiger partial charge in [-0.15, -0.1) is 0 Å². The molecule has 7 heteroatoms. The van der Waals surface area contributed by atoms with Crippen LogP contribution in [0.2, 0.25) is 0 Å². The summed E-state index contributed by atoms with van der Waals surface area (Å²) in [5, 5.41) is 9.41. The van der Waals surface area contributed by atoms with E-state index in [9.17, 15) is 0 Å². The topological polar surface area (TPSA) is 66.2 Å². The first-order valence-corrected chi connectivity index (χ1v) is 7.07. The van der Waals surface area contributed by atoms with Crippen LogP contribution in [0.3, 0.4) is 0 Å². The smallest absolute Gasteiger partial charge is 0.241 e. The van der Waals surface area contributed by atoms with Gasteiger partial charge in [-0.2, -0.15) is 5.21 Å². The average Bonchev–Trinajstić information content (AvgIpc) is 3.03. The molecule has 0 unspecified atom stereocenters. The van der Waals surface area contributed by atoms with Crippen molar-refractivity contribution in [2.24, 2.45) is 7.05 Å². The highest BCUT2D eigenvalue weighted by Gasteiger charge is 2.12. The molecule has 2 heterocycles. The minimum atomic E-state index is 0.472. The van der Waals surface area contributed by atoms with Crippen molar-refractivity contribution in [1.82, 2.24) is 25.2 Å². The molecule has 0 amide bonds. The Morgan fingerprint density at radius 2 is 2.05 bits per heavy atom. The van der Waals surface area contributed by atoms with Crippen molar-refractivity contribution in [2.75, 3.05) is 0 Å². The highest BCUT2D eigenvalue weighted by Crippen LogP contribution is 2.12. The van der Waals surface area contributed by atoms with Gasteiger partial charge in [0.25, 0.3) is 0 Å². The van der Waals surface area contributed by atoms with E-state index in [1.54, 1.807) is 11.7 Å². The molecule has 0 spiro atoms. The van der Waals surface area contributed by atoms with Gasteiger partial charge in [0.05, 0.1) is 0 Å². The van der Waals surface area contributed by atoms with E-state index in [0.29, 0.717) is 10.8 Å². The molecule has 6 nitrogen and oxygen atoms in total. The van der Waals surface area contributed by atoms with Gasteiger partial charge in [0.15, 0.2) is 0 Å². The SMILES string of the molecule is CCCC(CCC)[n+]1cc[nH]c1.Cn1[nH]nnc1=S. The number of aromatic amines is 2. The number of aromatic nitrogens is 6. The third-order valence-corrected chi connectivity index (χ3v) is 3.20. The Bertz CT molecular complexity index is 480. The lowest BCUT2D eigenvalue weighted by molar-refractivity contribution is -0.723. The third kappa shape index (κ3) is 5.34. The summed E-state index contributed by atoms with van der Waals surface area (Å²) in [7, 11) is 1.75. The van der Waals surface area contributed by atoms with Crippen LogP contribution in [0.1, 0.15) is 45.6 Å². The van der Waals surface area contributed by atoms with E-state index >= 15 is 0 Å². The second-order valence-corrected chi connectivity index (χ2v) is 4.80. The molecule has 0 aromatic carbocycles. The number of rotatable bonds is 5. The number of aryl methyl sites for hydroxylation is 1. The van der Waals surface area contributed by atoms with Gasteiger partial charge in [-0.05, 0) is 25.1 Å². The zero-order chi connectivity index (χ0) is 14.1. The van der Waals surface area contributed by atoms with Crippen molar-refractivity contribution < 1.29 is 4.57 Å². The molecule has 0 saturated carbocycles. The normalized spacial score (nSPS) is 10.3. The highest BCUT2D eigenvalue weighted by atomic mass is 32.1. The minimum absolute atomic E-state index is 0.472. The Labute approximate surface area is 118 Å². The summed E-state index contributed by atoms with van der Waals surface area (Å²) < 4.78 is 4.31. The van der Waals surface area contributed by atoms with E-state index in [0.717, 1.165) is 0 Å². The summed E-state index contributed by atoms with van der Waals surface area (Å²) in [6.07, 6.45) is 11.3.